The minimum Gasteiger partial charge on any atom is -0.342 e. The zero-order valence-corrected chi connectivity index (χ0v) is 16.9. The molecule has 0 radical (unpaired) electrons. The smallest absolute Gasteiger partial charge is 0.243 e. The van der Waals surface area contributed by atoms with E-state index in [9.17, 15) is 13.2 Å². The summed E-state index contributed by atoms with van der Waals surface area (Å²) in [5.74, 6) is 0.754. The minimum atomic E-state index is -3.48. The predicted octanol–water partition coefficient (Wildman–Crippen LogP) is 2.96. The van der Waals surface area contributed by atoms with Gasteiger partial charge in [0.05, 0.1) is 4.90 Å². The van der Waals surface area contributed by atoms with Gasteiger partial charge in [-0.2, -0.15) is 4.31 Å². The fourth-order valence-corrected chi connectivity index (χ4v) is 5.57. The molecular weight excluding hydrogens is 348 g/mol. The lowest BCUT2D eigenvalue weighted by Gasteiger charge is -2.36. The van der Waals surface area contributed by atoms with Gasteiger partial charge in [0.2, 0.25) is 15.9 Å². The van der Waals surface area contributed by atoms with Crippen LogP contribution in [0, 0.1) is 25.7 Å². The van der Waals surface area contributed by atoms with Crippen molar-refractivity contribution in [2.45, 2.75) is 51.3 Å². The van der Waals surface area contributed by atoms with Gasteiger partial charge in [0.1, 0.15) is 0 Å². The summed E-state index contributed by atoms with van der Waals surface area (Å²) in [7, 11) is -3.48. The average molecular weight is 379 g/mol. The number of nitrogens with zero attached hydrogens (tertiary/aromatic N) is 2. The van der Waals surface area contributed by atoms with Crippen LogP contribution in [-0.2, 0) is 14.8 Å². The molecule has 144 valence electrons. The molecule has 0 aliphatic carbocycles. The van der Waals surface area contributed by atoms with Crippen LogP contribution in [0.4, 0.5) is 0 Å². The number of carbonyl (C=O) groups excluding carboxylic acids is 1. The summed E-state index contributed by atoms with van der Waals surface area (Å²) in [5, 5.41) is 0. The molecule has 5 nitrogen and oxygen atoms in total. The van der Waals surface area contributed by atoms with E-state index in [1.165, 1.54) is 6.42 Å². The van der Waals surface area contributed by atoms with Crippen molar-refractivity contribution in [3.8, 4) is 0 Å². The van der Waals surface area contributed by atoms with Gasteiger partial charge in [0, 0.05) is 32.1 Å². The molecule has 2 aliphatic heterocycles. The molecule has 0 bridgehead atoms. The van der Waals surface area contributed by atoms with E-state index in [0.717, 1.165) is 30.6 Å². The molecule has 2 aliphatic rings. The van der Waals surface area contributed by atoms with E-state index in [0.29, 0.717) is 36.7 Å². The minimum absolute atomic E-state index is 0.0356. The van der Waals surface area contributed by atoms with Gasteiger partial charge < -0.3 is 4.90 Å². The Bertz CT molecular complexity index is 767. The van der Waals surface area contributed by atoms with Crippen LogP contribution in [0.5, 0.6) is 0 Å². The summed E-state index contributed by atoms with van der Waals surface area (Å²) in [6, 6.07) is 5.29. The van der Waals surface area contributed by atoms with Crippen LogP contribution in [0.15, 0.2) is 23.1 Å². The van der Waals surface area contributed by atoms with E-state index in [4.69, 9.17) is 0 Å². The molecule has 2 fully saturated rings. The fourth-order valence-electron chi connectivity index (χ4n) is 4.01. The molecule has 1 amide bonds. The van der Waals surface area contributed by atoms with Crippen molar-refractivity contribution in [2.75, 3.05) is 26.2 Å². The topological polar surface area (TPSA) is 57.7 Å². The Morgan fingerprint density at radius 2 is 1.73 bits per heavy atom. The number of aryl methyl sites for hydroxylation is 2. The van der Waals surface area contributed by atoms with Crippen LogP contribution in [0.2, 0.25) is 0 Å². The third-order valence-corrected chi connectivity index (χ3v) is 7.78. The van der Waals surface area contributed by atoms with Gasteiger partial charge in [-0.1, -0.05) is 13.0 Å². The first-order valence-electron chi connectivity index (χ1n) is 9.65. The highest BCUT2D eigenvalue weighted by molar-refractivity contribution is 7.89. The maximum atomic E-state index is 12.9. The van der Waals surface area contributed by atoms with E-state index in [2.05, 4.69) is 6.92 Å². The number of sulfonamides is 1. The molecule has 1 atom stereocenters. The first-order valence-corrected chi connectivity index (χ1v) is 11.1. The second-order valence-corrected chi connectivity index (χ2v) is 9.89. The van der Waals surface area contributed by atoms with Crippen LogP contribution < -0.4 is 0 Å². The van der Waals surface area contributed by atoms with Crippen molar-refractivity contribution in [3.63, 3.8) is 0 Å². The quantitative estimate of drug-likeness (QED) is 0.812. The third-order valence-electron chi connectivity index (χ3n) is 5.89. The van der Waals surface area contributed by atoms with Crippen LogP contribution in [0.1, 0.15) is 43.7 Å². The highest BCUT2D eigenvalue weighted by Gasteiger charge is 2.34. The second-order valence-electron chi connectivity index (χ2n) is 7.96. The first kappa shape index (κ1) is 19.4. The van der Waals surface area contributed by atoms with Crippen molar-refractivity contribution in [2.24, 2.45) is 11.8 Å². The zero-order valence-electron chi connectivity index (χ0n) is 16.1. The summed E-state index contributed by atoms with van der Waals surface area (Å²) in [5.41, 5.74) is 2.07. The Hall–Kier alpha value is -1.40. The second kappa shape index (κ2) is 7.69. The Kier molecular flexibility index (Phi) is 5.72. The molecule has 1 unspecified atom stereocenters. The number of piperidine rings is 2. The number of hydrogen-bond acceptors (Lipinski definition) is 3. The molecule has 0 saturated carbocycles. The summed E-state index contributed by atoms with van der Waals surface area (Å²) in [6.45, 7) is 8.65. The van der Waals surface area contributed by atoms with E-state index in [1.807, 2.05) is 24.8 Å². The molecule has 3 rings (SSSR count). The van der Waals surface area contributed by atoms with Crippen LogP contribution in [0.3, 0.4) is 0 Å². The monoisotopic (exact) mass is 378 g/mol. The summed E-state index contributed by atoms with van der Waals surface area (Å²) in [4.78, 5) is 15.1. The number of carbonyl (C=O) groups is 1. The number of benzene rings is 1. The van der Waals surface area contributed by atoms with E-state index >= 15 is 0 Å². The maximum absolute atomic E-state index is 12.9. The molecule has 6 heteroatoms. The van der Waals surface area contributed by atoms with E-state index in [-0.39, 0.29) is 11.8 Å². The highest BCUT2D eigenvalue weighted by atomic mass is 32.2. The SMILES string of the molecule is Cc1ccc(S(=O)(=O)N2CCC(C(=O)N3CCCC(C)C3)CC2)cc1C. The summed E-state index contributed by atoms with van der Waals surface area (Å²) in [6.07, 6.45) is 3.50. The van der Waals surface area contributed by atoms with E-state index < -0.39 is 10.0 Å². The maximum Gasteiger partial charge on any atom is 0.243 e. The van der Waals surface area contributed by atoms with Crippen molar-refractivity contribution >= 4 is 15.9 Å². The van der Waals surface area contributed by atoms with E-state index in [1.54, 1.807) is 16.4 Å². The molecule has 26 heavy (non-hydrogen) atoms. The van der Waals surface area contributed by atoms with Crippen molar-refractivity contribution < 1.29 is 13.2 Å². The first-order chi connectivity index (χ1) is 12.3. The summed E-state index contributed by atoms with van der Waals surface area (Å²) < 4.78 is 27.3. The summed E-state index contributed by atoms with van der Waals surface area (Å²) >= 11 is 0. The lowest BCUT2D eigenvalue weighted by atomic mass is 9.93. The Balaban J connectivity index is 1.64. The van der Waals surface area contributed by atoms with Gasteiger partial charge in [-0.05, 0) is 68.7 Å². The predicted molar refractivity (Wildman–Crippen MR) is 102 cm³/mol. The molecule has 1 aromatic carbocycles. The third kappa shape index (κ3) is 3.96. The standard InChI is InChI=1S/C20H30N2O3S/c1-15-5-4-10-21(14-15)20(23)18-8-11-22(12-9-18)26(24,25)19-7-6-16(2)17(3)13-19/h6-7,13,15,18H,4-5,8-12,14H2,1-3H3. The van der Waals surface area contributed by atoms with Gasteiger partial charge in [0.15, 0.2) is 0 Å². The Morgan fingerprint density at radius 1 is 1.04 bits per heavy atom. The van der Waals surface area contributed by atoms with Crippen LogP contribution in [0.25, 0.3) is 0 Å². The van der Waals surface area contributed by atoms with Crippen LogP contribution in [-0.4, -0.2) is 49.7 Å². The van der Waals surface area contributed by atoms with Gasteiger partial charge in [0.25, 0.3) is 0 Å². The molecule has 1 aromatic rings. The average Bonchev–Trinajstić information content (AvgIpc) is 2.63. The number of amides is 1. The van der Waals surface area contributed by atoms with Crippen LogP contribution >= 0.6 is 0 Å². The number of likely N-dealkylation sites (tertiary alicyclic amines) is 1. The molecule has 0 N–H and O–H groups in total. The number of hydrogen-bond donors (Lipinski definition) is 0. The molecule has 2 heterocycles. The Morgan fingerprint density at radius 3 is 2.35 bits per heavy atom. The molecular formula is C20H30N2O3S. The zero-order chi connectivity index (χ0) is 18.9. The Labute approximate surface area is 157 Å². The highest BCUT2D eigenvalue weighted by Crippen LogP contribution is 2.27. The van der Waals surface area contributed by atoms with Gasteiger partial charge in [-0.3, -0.25) is 4.79 Å². The van der Waals surface area contributed by atoms with Gasteiger partial charge in [-0.25, -0.2) is 8.42 Å². The lowest BCUT2D eigenvalue weighted by molar-refractivity contribution is -0.138. The number of rotatable bonds is 3. The van der Waals surface area contributed by atoms with Gasteiger partial charge >= 0.3 is 0 Å². The largest absolute Gasteiger partial charge is 0.342 e. The molecule has 0 spiro atoms. The van der Waals surface area contributed by atoms with Crippen molar-refractivity contribution in [3.05, 3.63) is 29.3 Å². The van der Waals surface area contributed by atoms with Crippen molar-refractivity contribution in [1.29, 1.82) is 0 Å². The molecule has 2 saturated heterocycles. The lowest BCUT2D eigenvalue weighted by Crippen LogP contribution is -2.46. The van der Waals surface area contributed by atoms with Crippen molar-refractivity contribution in [1.82, 2.24) is 9.21 Å². The van der Waals surface area contributed by atoms with Gasteiger partial charge in [-0.15, -0.1) is 0 Å². The molecule has 0 aromatic heterocycles. The normalized spacial score (nSPS) is 23.2. The fraction of sp³-hybridized carbons (Fsp3) is 0.650.